The van der Waals surface area contributed by atoms with E-state index in [0.29, 0.717) is 12.5 Å². The molecule has 3 aliphatic rings. The molecule has 2 saturated carbocycles. The first-order valence-electron chi connectivity index (χ1n) is 11.2. The number of hydrogen-bond acceptors (Lipinski definition) is 5. The van der Waals surface area contributed by atoms with Gasteiger partial charge in [-0.05, 0) is 66.9 Å². The molecule has 0 bridgehead atoms. The molecular formula is C24H38O5. The Balaban J connectivity index is 2.02. The summed E-state index contributed by atoms with van der Waals surface area (Å²) in [5.74, 6) is 0.155. The van der Waals surface area contributed by atoms with E-state index >= 15 is 0 Å². The largest absolute Gasteiger partial charge is 0.465 e. The van der Waals surface area contributed by atoms with Crippen molar-refractivity contribution in [3.63, 3.8) is 0 Å². The first-order valence-corrected chi connectivity index (χ1v) is 11.2. The van der Waals surface area contributed by atoms with Crippen molar-refractivity contribution in [2.24, 2.45) is 28.6 Å². The van der Waals surface area contributed by atoms with Crippen LogP contribution in [-0.4, -0.2) is 35.4 Å². The molecule has 0 amide bonds. The molecule has 0 radical (unpaired) electrons. The van der Waals surface area contributed by atoms with Crippen LogP contribution < -0.4 is 0 Å². The van der Waals surface area contributed by atoms with Gasteiger partial charge in [0.05, 0.1) is 12.2 Å². The molecule has 164 valence electrons. The van der Waals surface area contributed by atoms with Gasteiger partial charge in [0, 0.05) is 19.3 Å². The van der Waals surface area contributed by atoms with Crippen molar-refractivity contribution in [3.05, 3.63) is 11.6 Å². The Morgan fingerprint density at radius 1 is 1.17 bits per heavy atom. The number of aliphatic hydroxyl groups is 1. The fraction of sp³-hybridized carbons (Fsp3) is 0.833. The summed E-state index contributed by atoms with van der Waals surface area (Å²) in [6, 6.07) is 0. The van der Waals surface area contributed by atoms with Crippen molar-refractivity contribution in [2.75, 3.05) is 6.61 Å². The van der Waals surface area contributed by atoms with Crippen LogP contribution in [-0.2, 0) is 19.1 Å². The van der Waals surface area contributed by atoms with Gasteiger partial charge >= 0.3 is 11.9 Å². The van der Waals surface area contributed by atoms with Gasteiger partial charge in [-0.3, -0.25) is 9.59 Å². The van der Waals surface area contributed by atoms with Crippen LogP contribution in [0.2, 0.25) is 0 Å². The normalized spacial score (nSPS) is 41.8. The summed E-state index contributed by atoms with van der Waals surface area (Å²) in [4.78, 5) is 23.4. The Morgan fingerprint density at radius 2 is 1.86 bits per heavy atom. The third-order valence-corrected chi connectivity index (χ3v) is 8.28. The molecule has 0 aromatic carbocycles. The predicted molar refractivity (Wildman–Crippen MR) is 111 cm³/mol. The SMILES string of the molecule is CC(=O)OC[C@]1(C)CCC[C@]2(C)[C@H]3CC[C@](O)(C(C)C)C=C3[C@H](OC(C)=O)C[C@@H]12. The molecule has 6 atom stereocenters. The maximum atomic E-state index is 11.9. The van der Waals surface area contributed by atoms with Gasteiger partial charge < -0.3 is 14.6 Å². The maximum Gasteiger partial charge on any atom is 0.303 e. The Morgan fingerprint density at radius 3 is 2.45 bits per heavy atom. The molecule has 0 unspecified atom stereocenters. The van der Waals surface area contributed by atoms with Crippen molar-refractivity contribution in [1.82, 2.24) is 0 Å². The lowest BCUT2D eigenvalue weighted by Gasteiger charge is -2.61. The minimum absolute atomic E-state index is 0.0495. The quantitative estimate of drug-likeness (QED) is 0.553. The number of fused-ring (bicyclic) bond motifs is 3. The van der Waals surface area contributed by atoms with E-state index in [1.807, 2.05) is 19.9 Å². The van der Waals surface area contributed by atoms with Gasteiger partial charge in [0.2, 0.25) is 0 Å². The van der Waals surface area contributed by atoms with E-state index < -0.39 is 5.60 Å². The smallest absolute Gasteiger partial charge is 0.303 e. The first kappa shape index (κ1) is 22.3. The minimum atomic E-state index is -0.844. The molecule has 3 aliphatic carbocycles. The average Bonchev–Trinajstić information content (AvgIpc) is 2.61. The third-order valence-electron chi connectivity index (χ3n) is 8.28. The van der Waals surface area contributed by atoms with Gasteiger partial charge in [0.25, 0.3) is 0 Å². The van der Waals surface area contributed by atoms with Crippen LogP contribution in [0.15, 0.2) is 11.6 Å². The molecule has 0 spiro atoms. The van der Waals surface area contributed by atoms with E-state index in [9.17, 15) is 14.7 Å². The summed E-state index contributed by atoms with van der Waals surface area (Å²) >= 11 is 0. The van der Waals surface area contributed by atoms with Crippen molar-refractivity contribution < 1.29 is 24.2 Å². The second-order valence-electron chi connectivity index (χ2n) is 10.6. The van der Waals surface area contributed by atoms with Gasteiger partial charge in [0.15, 0.2) is 0 Å². The van der Waals surface area contributed by atoms with Gasteiger partial charge in [-0.25, -0.2) is 0 Å². The van der Waals surface area contributed by atoms with Gasteiger partial charge in [-0.2, -0.15) is 0 Å². The number of carbonyl (C=O) groups excluding carboxylic acids is 2. The number of rotatable bonds is 4. The zero-order valence-corrected chi connectivity index (χ0v) is 18.9. The summed E-state index contributed by atoms with van der Waals surface area (Å²) < 4.78 is 11.3. The number of ether oxygens (including phenoxy) is 2. The lowest BCUT2D eigenvalue weighted by molar-refractivity contribution is -0.165. The molecule has 5 heteroatoms. The molecule has 3 rings (SSSR count). The standard InChI is InChI=1S/C24H38O5/c1-15(2)24(27)11-8-19-18(13-24)20(29-17(4)26)12-21-22(5,14-28-16(3)25)9-7-10-23(19,21)6/h13,15,19-21,27H,7-12,14H2,1-6H3/t19-,20+,21-,22-,23+,24+/m0/s1. The highest BCUT2D eigenvalue weighted by atomic mass is 16.5. The Hall–Kier alpha value is -1.36. The van der Waals surface area contributed by atoms with Crippen LogP contribution in [0.3, 0.4) is 0 Å². The molecular weight excluding hydrogens is 368 g/mol. The topological polar surface area (TPSA) is 72.8 Å². The predicted octanol–water partition coefficient (Wildman–Crippen LogP) is 4.42. The van der Waals surface area contributed by atoms with Crippen molar-refractivity contribution in [1.29, 1.82) is 0 Å². The van der Waals surface area contributed by atoms with Crippen molar-refractivity contribution in [3.8, 4) is 0 Å². The lowest BCUT2D eigenvalue weighted by Crippen LogP contribution is -2.57. The molecule has 29 heavy (non-hydrogen) atoms. The monoisotopic (exact) mass is 406 g/mol. The highest BCUT2D eigenvalue weighted by Gasteiger charge is 2.59. The van der Waals surface area contributed by atoms with Crippen molar-refractivity contribution >= 4 is 11.9 Å². The molecule has 0 aromatic rings. The molecule has 0 heterocycles. The lowest BCUT2D eigenvalue weighted by atomic mass is 9.45. The van der Waals surface area contributed by atoms with Gasteiger partial charge in [0.1, 0.15) is 6.10 Å². The van der Waals surface area contributed by atoms with E-state index in [-0.39, 0.29) is 40.7 Å². The van der Waals surface area contributed by atoms with Gasteiger partial charge in [-0.15, -0.1) is 0 Å². The van der Waals surface area contributed by atoms with Gasteiger partial charge in [-0.1, -0.05) is 34.1 Å². The zero-order chi connectivity index (χ0) is 21.6. The molecule has 0 saturated heterocycles. The summed E-state index contributed by atoms with van der Waals surface area (Å²) in [5.41, 5.74) is 0.184. The molecule has 1 N–H and O–H groups in total. The third kappa shape index (κ3) is 3.99. The summed E-state index contributed by atoms with van der Waals surface area (Å²) in [6.07, 6.45) is 7.29. The van der Waals surface area contributed by atoms with E-state index in [0.717, 1.165) is 44.1 Å². The molecule has 2 fully saturated rings. The van der Waals surface area contributed by atoms with Crippen LogP contribution in [0.25, 0.3) is 0 Å². The average molecular weight is 407 g/mol. The van der Waals surface area contributed by atoms with E-state index in [2.05, 4.69) is 13.8 Å². The van der Waals surface area contributed by atoms with E-state index in [1.165, 1.54) is 13.8 Å². The van der Waals surface area contributed by atoms with Crippen molar-refractivity contribution in [2.45, 2.75) is 91.8 Å². The zero-order valence-electron chi connectivity index (χ0n) is 18.9. The number of hydrogen-bond donors (Lipinski definition) is 1. The molecule has 5 nitrogen and oxygen atoms in total. The summed E-state index contributed by atoms with van der Waals surface area (Å²) in [5, 5.41) is 11.2. The fourth-order valence-corrected chi connectivity index (χ4v) is 6.58. The molecule has 0 aromatic heterocycles. The Labute approximate surface area is 175 Å². The summed E-state index contributed by atoms with van der Waals surface area (Å²) in [6.45, 7) is 12.0. The highest BCUT2D eigenvalue weighted by molar-refractivity contribution is 5.66. The number of carbonyl (C=O) groups is 2. The van der Waals surface area contributed by atoms with Crippen LogP contribution in [0, 0.1) is 28.6 Å². The summed E-state index contributed by atoms with van der Waals surface area (Å²) in [7, 11) is 0. The maximum absolute atomic E-state index is 11.9. The Bertz CT molecular complexity index is 697. The van der Waals surface area contributed by atoms with Crippen LogP contribution in [0.4, 0.5) is 0 Å². The Kier molecular flexibility index (Phi) is 5.94. The number of esters is 2. The van der Waals surface area contributed by atoms with Crippen LogP contribution in [0.1, 0.15) is 80.1 Å². The van der Waals surface area contributed by atoms with E-state index in [1.54, 1.807) is 0 Å². The second-order valence-corrected chi connectivity index (χ2v) is 10.6. The fourth-order valence-electron chi connectivity index (χ4n) is 6.58. The highest BCUT2D eigenvalue weighted by Crippen LogP contribution is 2.64. The second kappa shape index (κ2) is 7.72. The first-order chi connectivity index (χ1) is 13.4. The van der Waals surface area contributed by atoms with E-state index in [4.69, 9.17) is 9.47 Å². The molecule has 0 aliphatic heterocycles. The van der Waals surface area contributed by atoms with Crippen LogP contribution in [0.5, 0.6) is 0 Å². The van der Waals surface area contributed by atoms with Crippen LogP contribution >= 0.6 is 0 Å². The minimum Gasteiger partial charge on any atom is -0.465 e.